The van der Waals surface area contributed by atoms with Crippen molar-refractivity contribution in [1.29, 1.82) is 0 Å². The Balaban J connectivity index is 0. The van der Waals surface area contributed by atoms with Crippen LogP contribution >= 0.6 is 0 Å². The first-order valence-electron chi connectivity index (χ1n) is 9.84. The van der Waals surface area contributed by atoms with E-state index in [4.69, 9.17) is 46.6 Å². The van der Waals surface area contributed by atoms with E-state index in [9.17, 15) is 0 Å². The van der Waals surface area contributed by atoms with Gasteiger partial charge in [0.2, 0.25) is 0 Å². The zero-order valence-corrected chi connectivity index (χ0v) is 17.4. The minimum Gasteiger partial charge on any atom is -0.379 e. The standard InChI is InChI=1S/C10H24N2O3.C8H20N2O2/c11-3-1-5-13-7-9-15-10-8-14-6-2-4-12;1-7(9)5-11-3-4-12-6-8(2)10/h1-12H2;7-8H,3-6,9-10H2,1-2H3. The highest BCUT2D eigenvalue weighted by molar-refractivity contribution is 4.50. The van der Waals surface area contributed by atoms with E-state index in [0.717, 1.165) is 12.8 Å². The van der Waals surface area contributed by atoms with Crippen molar-refractivity contribution in [2.45, 2.75) is 38.8 Å². The van der Waals surface area contributed by atoms with Crippen LogP contribution in [0.5, 0.6) is 0 Å². The maximum Gasteiger partial charge on any atom is 0.0701 e. The van der Waals surface area contributed by atoms with Gasteiger partial charge in [-0.15, -0.1) is 0 Å². The minimum atomic E-state index is 0.0958. The Kier molecular flexibility index (Phi) is 27.4. The van der Waals surface area contributed by atoms with E-state index in [2.05, 4.69) is 0 Å². The van der Waals surface area contributed by atoms with Crippen LogP contribution in [0.15, 0.2) is 0 Å². The van der Waals surface area contributed by atoms with Crippen LogP contribution in [-0.4, -0.2) is 91.2 Å². The van der Waals surface area contributed by atoms with Crippen LogP contribution in [0.25, 0.3) is 0 Å². The molecular formula is C18H44N4O5. The van der Waals surface area contributed by atoms with Crippen LogP contribution in [0.1, 0.15) is 26.7 Å². The van der Waals surface area contributed by atoms with Gasteiger partial charge in [-0.3, -0.25) is 0 Å². The number of hydrogen-bond acceptors (Lipinski definition) is 9. The highest BCUT2D eigenvalue weighted by Crippen LogP contribution is 1.85. The van der Waals surface area contributed by atoms with Gasteiger partial charge in [0.15, 0.2) is 0 Å². The summed E-state index contributed by atoms with van der Waals surface area (Å²) in [4.78, 5) is 0. The molecule has 9 heteroatoms. The van der Waals surface area contributed by atoms with Crippen molar-refractivity contribution in [2.24, 2.45) is 22.9 Å². The molecular weight excluding hydrogens is 352 g/mol. The molecule has 27 heavy (non-hydrogen) atoms. The molecule has 0 spiro atoms. The highest BCUT2D eigenvalue weighted by Gasteiger charge is 1.95. The van der Waals surface area contributed by atoms with Crippen LogP contribution in [0, 0.1) is 0 Å². The molecule has 0 heterocycles. The van der Waals surface area contributed by atoms with Gasteiger partial charge < -0.3 is 46.6 Å². The molecule has 8 N–H and O–H groups in total. The van der Waals surface area contributed by atoms with E-state index in [0.29, 0.717) is 79.2 Å². The Morgan fingerprint density at radius 3 is 1.11 bits per heavy atom. The second kappa shape index (κ2) is 25.6. The summed E-state index contributed by atoms with van der Waals surface area (Å²) in [6.07, 6.45) is 1.81. The van der Waals surface area contributed by atoms with Gasteiger partial charge in [-0.2, -0.15) is 0 Å². The van der Waals surface area contributed by atoms with Gasteiger partial charge in [0.25, 0.3) is 0 Å². The van der Waals surface area contributed by atoms with Crippen molar-refractivity contribution >= 4 is 0 Å². The van der Waals surface area contributed by atoms with Gasteiger partial charge >= 0.3 is 0 Å². The molecule has 9 nitrogen and oxygen atoms in total. The number of rotatable bonds is 19. The minimum absolute atomic E-state index is 0.0958. The zero-order valence-electron chi connectivity index (χ0n) is 17.4. The fourth-order valence-electron chi connectivity index (χ4n) is 1.57. The largest absolute Gasteiger partial charge is 0.379 e. The molecule has 0 saturated carbocycles. The molecule has 0 saturated heterocycles. The summed E-state index contributed by atoms with van der Waals surface area (Å²) in [5, 5.41) is 0. The first-order chi connectivity index (χ1) is 13.0. The van der Waals surface area contributed by atoms with E-state index in [-0.39, 0.29) is 12.1 Å². The van der Waals surface area contributed by atoms with Gasteiger partial charge in [-0.25, -0.2) is 0 Å². The SMILES string of the molecule is CC(N)COCCOCC(C)N.NCCCOCCOCCOCCCN. The smallest absolute Gasteiger partial charge is 0.0701 e. The van der Waals surface area contributed by atoms with Crippen LogP contribution < -0.4 is 22.9 Å². The topological polar surface area (TPSA) is 150 Å². The summed E-state index contributed by atoms with van der Waals surface area (Å²) in [6, 6.07) is 0.192. The predicted octanol–water partition coefficient (Wildman–Crippen LogP) is -0.552. The Morgan fingerprint density at radius 1 is 0.519 bits per heavy atom. The summed E-state index contributed by atoms with van der Waals surface area (Å²) in [6.45, 7) is 11.4. The molecule has 0 bridgehead atoms. The lowest BCUT2D eigenvalue weighted by Crippen LogP contribution is -2.25. The average Bonchev–Trinajstić information content (AvgIpc) is 2.63. The lowest BCUT2D eigenvalue weighted by atomic mass is 10.4. The molecule has 0 amide bonds. The first kappa shape index (κ1) is 28.8. The second-order valence-corrected chi connectivity index (χ2v) is 6.23. The molecule has 0 aromatic rings. The van der Waals surface area contributed by atoms with Crippen molar-refractivity contribution in [3.8, 4) is 0 Å². The van der Waals surface area contributed by atoms with E-state index in [1.165, 1.54) is 0 Å². The summed E-state index contributed by atoms with van der Waals surface area (Å²) in [5.41, 5.74) is 21.6. The Bertz CT molecular complexity index is 238. The number of ether oxygens (including phenoxy) is 5. The average molecular weight is 397 g/mol. The molecule has 0 aliphatic carbocycles. The van der Waals surface area contributed by atoms with E-state index < -0.39 is 0 Å². The maximum absolute atomic E-state index is 5.47. The Hall–Kier alpha value is -0.360. The molecule has 0 aromatic carbocycles. The van der Waals surface area contributed by atoms with Gasteiger partial charge in [-0.05, 0) is 39.8 Å². The van der Waals surface area contributed by atoms with E-state index in [1.54, 1.807) is 0 Å². The lowest BCUT2D eigenvalue weighted by Gasteiger charge is -2.08. The predicted molar refractivity (Wildman–Crippen MR) is 109 cm³/mol. The Morgan fingerprint density at radius 2 is 0.815 bits per heavy atom. The summed E-state index contributed by atoms with van der Waals surface area (Å²) in [7, 11) is 0. The number of nitrogens with two attached hydrogens (primary N) is 4. The van der Waals surface area contributed by atoms with Crippen molar-refractivity contribution in [2.75, 3.05) is 79.2 Å². The quantitative estimate of drug-likeness (QED) is 0.211. The molecule has 0 rings (SSSR count). The summed E-state index contributed by atoms with van der Waals surface area (Å²) < 4.78 is 26.2. The van der Waals surface area contributed by atoms with Crippen LogP contribution in [0.3, 0.4) is 0 Å². The van der Waals surface area contributed by atoms with E-state index >= 15 is 0 Å². The molecule has 0 fully saturated rings. The lowest BCUT2D eigenvalue weighted by molar-refractivity contribution is 0.0143. The third-order valence-electron chi connectivity index (χ3n) is 2.86. The van der Waals surface area contributed by atoms with Gasteiger partial charge in [0, 0.05) is 25.3 Å². The number of hydrogen-bond donors (Lipinski definition) is 4. The van der Waals surface area contributed by atoms with Crippen LogP contribution in [0.2, 0.25) is 0 Å². The summed E-state index contributed by atoms with van der Waals surface area (Å²) >= 11 is 0. The summed E-state index contributed by atoms with van der Waals surface area (Å²) in [5.74, 6) is 0. The normalized spacial score (nSPS) is 13.1. The fraction of sp³-hybridized carbons (Fsp3) is 1.00. The maximum atomic E-state index is 5.47. The molecule has 0 aliphatic rings. The van der Waals surface area contributed by atoms with Crippen LogP contribution in [0.4, 0.5) is 0 Å². The molecule has 0 radical (unpaired) electrons. The van der Waals surface area contributed by atoms with E-state index in [1.807, 2.05) is 13.8 Å². The van der Waals surface area contributed by atoms with Crippen molar-refractivity contribution in [1.82, 2.24) is 0 Å². The highest BCUT2D eigenvalue weighted by atomic mass is 16.5. The van der Waals surface area contributed by atoms with Crippen LogP contribution in [-0.2, 0) is 23.7 Å². The zero-order chi connectivity index (χ0) is 20.6. The van der Waals surface area contributed by atoms with Crippen molar-refractivity contribution < 1.29 is 23.7 Å². The third kappa shape index (κ3) is 33.6. The first-order valence-corrected chi connectivity index (χ1v) is 9.84. The second-order valence-electron chi connectivity index (χ2n) is 6.23. The molecule has 2 atom stereocenters. The monoisotopic (exact) mass is 396 g/mol. The molecule has 166 valence electrons. The fourth-order valence-corrected chi connectivity index (χ4v) is 1.57. The molecule has 2 unspecified atom stereocenters. The van der Waals surface area contributed by atoms with Crippen molar-refractivity contribution in [3.63, 3.8) is 0 Å². The van der Waals surface area contributed by atoms with Crippen molar-refractivity contribution in [3.05, 3.63) is 0 Å². The molecule has 0 aromatic heterocycles. The van der Waals surface area contributed by atoms with Gasteiger partial charge in [-0.1, -0.05) is 0 Å². The van der Waals surface area contributed by atoms with Gasteiger partial charge in [0.1, 0.15) is 0 Å². The van der Waals surface area contributed by atoms with Gasteiger partial charge in [0.05, 0.1) is 52.9 Å². The third-order valence-corrected chi connectivity index (χ3v) is 2.86. The Labute approximate surface area is 165 Å². The molecule has 0 aliphatic heterocycles.